The monoisotopic (exact) mass is 229 g/mol. The molecule has 84 valence electrons. The summed E-state index contributed by atoms with van der Waals surface area (Å²) >= 11 is 5.94. The number of halogens is 2. The Hall–Kier alpha value is -0.600. The summed E-state index contributed by atoms with van der Waals surface area (Å²) in [6.45, 7) is 5.98. The number of benzene rings is 1. The highest BCUT2D eigenvalue weighted by molar-refractivity contribution is 6.31. The van der Waals surface area contributed by atoms with E-state index < -0.39 is 0 Å². The van der Waals surface area contributed by atoms with Crippen LogP contribution >= 0.6 is 11.6 Å². The van der Waals surface area contributed by atoms with Gasteiger partial charge in [-0.15, -0.1) is 0 Å². The Kier molecular flexibility index (Phi) is 5.06. The largest absolute Gasteiger partial charge is 0.316 e. The minimum absolute atomic E-state index is 0.264. The summed E-state index contributed by atoms with van der Waals surface area (Å²) in [6, 6.07) is 4.64. The molecule has 1 saturated heterocycles. The Balaban J connectivity index is 0.000000531. The van der Waals surface area contributed by atoms with Gasteiger partial charge in [0.1, 0.15) is 5.82 Å². The van der Waals surface area contributed by atoms with Crippen LogP contribution in [0.1, 0.15) is 31.7 Å². The van der Waals surface area contributed by atoms with E-state index in [0.29, 0.717) is 10.9 Å². The van der Waals surface area contributed by atoms with Gasteiger partial charge in [-0.3, -0.25) is 0 Å². The number of nitrogens with one attached hydrogen (secondary N) is 1. The van der Waals surface area contributed by atoms with E-state index >= 15 is 0 Å². The van der Waals surface area contributed by atoms with Gasteiger partial charge in [0.15, 0.2) is 0 Å². The fourth-order valence-electron chi connectivity index (χ4n) is 1.75. The first kappa shape index (κ1) is 12.5. The van der Waals surface area contributed by atoms with Gasteiger partial charge >= 0.3 is 0 Å². The van der Waals surface area contributed by atoms with Gasteiger partial charge in [-0.1, -0.05) is 31.5 Å². The zero-order chi connectivity index (χ0) is 11.3. The lowest BCUT2D eigenvalue weighted by atomic mass is 9.98. The molecule has 1 atom stereocenters. The van der Waals surface area contributed by atoms with Gasteiger partial charge in [0.05, 0.1) is 0 Å². The van der Waals surface area contributed by atoms with E-state index in [0.717, 1.165) is 25.1 Å². The second-order valence-electron chi connectivity index (χ2n) is 3.36. The smallest absolute Gasteiger partial charge is 0.124 e. The van der Waals surface area contributed by atoms with Crippen LogP contribution in [0.3, 0.4) is 0 Å². The molecule has 0 aromatic heterocycles. The normalized spacial score (nSPS) is 19.6. The maximum absolute atomic E-state index is 12.7. The minimum Gasteiger partial charge on any atom is -0.316 e. The van der Waals surface area contributed by atoms with Crippen LogP contribution in [0.5, 0.6) is 0 Å². The molecule has 1 fully saturated rings. The predicted octanol–water partition coefficient (Wildman–Crippen LogP) is 3.58. The van der Waals surface area contributed by atoms with E-state index in [9.17, 15) is 4.39 Å². The van der Waals surface area contributed by atoms with Crippen molar-refractivity contribution in [3.63, 3.8) is 0 Å². The molecule has 0 radical (unpaired) electrons. The van der Waals surface area contributed by atoms with Gasteiger partial charge in [0.2, 0.25) is 0 Å². The van der Waals surface area contributed by atoms with Crippen LogP contribution in [0.15, 0.2) is 18.2 Å². The topological polar surface area (TPSA) is 12.0 Å². The third-order valence-electron chi connectivity index (χ3n) is 2.46. The van der Waals surface area contributed by atoms with E-state index in [4.69, 9.17) is 11.6 Å². The average Bonchev–Trinajstić information content (AvgIpc) is 2.74. The van der Waals surface area contributed by atoms with Crippen LogP contribution < -0.4 is 5.32 Å². The Morgan fingerprint density at radius 3 is 2.67 bits per heavy atom. The second kappa shape index (κ2) is 6.09. The molecule has 0 saturated carbocycles. The van der Waals surface area contributed by atoms with E-state index in [1.165, 1.54) is 12.1 Å². The van der Waals surface area contributed by atoms with Gasteiger partial charge < -0.3 is 5.32 Å². The third-order valence-corrected chi connectivity index (χ3v) is 2.79. The van der Waals surface area contributed by atoms with Gasteiger partial charge in [-0.05, 0) is 36.6 Å². The highest BCUT2D eigenvalue weighted by atomic mass is 35.5. The molecule has 3 heteroatoms. The van der Waals surface area contributed by atoms with Crippen molar-refractivity contribution in [2.24, 2.45) is 0 Å². The fraction of sp³-hybridized carbons (Fsp3) is 0.500. The van der Waals surface area contributed by atoms with Crippen LogP contribution in [0, 0.1) is 5.82 Å². The number of hydrogen-bond acceptors (Lipinski definition) is 1. The van der Waals surface area contributed by atoms with Crippen molar-refractivity contribution in [1.82, 2.24) is 5.32 Å². The molecule has 1 unspecified atom stereocenters. The molecule has 1 aromatic carbocycles. The zero-order valence-electron chi connectivity index (χ0n) is 9.19. The van der Waals surface area contributed by atoms with Crippen molar-refractivity contribution in [3.8, 4) is 0 Å². The Labute approximate surface area is 95.6 Å². The van der Waals surface area contributed by atoms with Crippen LogP contribution in [-0.4, -0.2) is 13.1 Å². The summed E-state index contributed by atoms with van der Waals surface area (Å²) < 4.78 is 12.7. The predicted molar refractivity (Wildman–Crippen MR) is 63.0 cm³/mol. The van der Waals surface area contributed by atoms with Crippen molar-refractivity contribution >= 4 is 11.6 Å². The molecule has 1 N–H and O–H groups in total. The van der Waals surface area contributed by atoms with Crippen molar-refractivity contribution in [2.75, 3.05) is 13.1 Å². The second-order valence-corrected chi connectivity index (χ2v) is 3.76. The maximum Gasteiger partial charge on any atom is 0.124 e. The van der Waals surface area contributed by atoms with Crippen LogP contribution in [-0.2, 0) is 0 Å². The molecule has 0 spiro atoms. The van der Waals surface area contributed by atoms with Crippen LogP contribution in [0.25, 0.3) is 0 Å². The van der Waals surface area contributed by atoms with Crippen molar-refractivity contribution < 1.29 is 4.39 Å². The molecule has 15 heavy (non-hydrogen) atoms. The SMILES string of the molecule is CC.Fc1ccc(C2CCNC2)c(Cl)c1. The lowest BCUT2D eigenvalue weighted by Crippen LogP contribution is -2.08. The summed E-state index contributed by atoms with van der Waals surface area (Å²) in [7, 11) is 0. The van der Waals surface area contributed by atoms with Crippen LogP contribution in [0.4, 0.5) is 4.39 Å². The van der Waals surface area contributed by atoms with E-state index in [-0.39, 0.29) is 5.82 Å². The standard InChI is InChI=1S/C10H11ClFN.C2H6/c11-10-5-8(12)1-2-9(10)7-3-4-13-6-7;1-2/h1-2,5,7,13H,3-4,6H2;1-2H3. The fourth-order valence-corrected chi connectivity index (χ4v) is 2.07. The molecule has 1 aliphatic heterocycles. The molecular formula is C12H17ClFN. The third kappa shape index (κ3) is 3.18. The van der Waals surface area contributed by atoms with Crippen LogP contribution in [0.2, 0.25) is 5.02 Å². The lowest BCUT2D eigenvalue weighted by Gasteiger charge is -2.10. The van der Waals surface area contributed by atoms with E-state index in [2.05, 4.69) is 5.32 Å². The molecule has 1 heterocycles. The Bertz CT molecular complexity index is 308. The first-order valence-electron chi connectivity index (χ1n) is 5.43. The molecule has 0 aliphatic carbocycles. The Morgan fingerprint density at radius 2 is 2.13 bits per heavy atom. The molecule has 0 bridgehead atoms. The maximum atomic E-state index is 12.7. The molecule has 0 amide bonds. The molecular weight excluding hydrogens is 213 g/mol. The van der Waals surface area contributed by atoms with Crippen molar-refractivity contribution in [2.45, 2.75) is 26.2 Å². The zero-order valence-corrected chi connectivity index (χ0v) is 9.94. The summed E-state index contributed by atoms with van der Waals surface area (Å²) in [4.78, 5) is 0. The average molecular weight is 230 g/mol. The summed E-state index contributed by atoms with van der Waals surface area (Å²) in [6.07, 6.45) is 1.09. The molecule has 2 rings (SSSR count). The molecule has 1 nitrogen and oxygen atoms in total. The summed E-state index contributed by atoms with van der Waals surface area (Å²) in [5.41, 5.74) is 1.06. The quantitative estimate of drug-likeness (QED) is 0.776. The lowest BCUT2D eigenvalue weighted by molar-refractivity contribution is 0.625. The highest BCUT2D eigenvalue weighted by Gasteiger charge is 2.18. The molecule has 1 aliphatic rings. The van der Waals surface area contributed by atoms with Gasteiger partial charge in [-0.25, -0.2) is 4.39 Å². The van der Waals surface area contributed by atoms with E-state index in [1.807, 2.05) is 13.8 Å². The van der Waals surface area contributed by atoms with Crippen molar-refractivity contribution in [3.05, 3.63) is 34.6 Å². The highest BCUT2D eigenvalue weighted by Crippen LogP contribution is 2.29. The summed E-state index contributed by atoms with van der Waals surface area (Å²) in [5, 5.41) is 3.81. The van der Waals surface area contributed by atoms with Gasteiger partial charge in [-0.2, -0.15) is 0 Å². The number of rotatable bonds is 1. The minimum atomic E-state index is -0.264. The van der Waals surface area contributed by atoms with Gasteiger partial charge in [0.25, 0.3) is 0 Å². The molecule has 1 aromatic rings. The van der Waals surface area contributed by atoms with Gasteiger partial charge in [0, 0.05) is 11.6 Å². The summed E-state index contributed by atoms with van der Waals surface area (Å²) in [5.74, 6) is 0.188. The first-order valence-corrected chi connectivity index (χ1v) is 5.81. The Morgan fingerprint density at radius 1 is 1.40 bits per heavy atom. The van der Waals surface area contributed by atoms with E-state index in [1.54, 1.807) is 6.07 Å². The number of hydrogen-bond donors (Lipinski definition) is 1. The first-order chi connectivity index (χ1) is 7.27. The van der Waals surface area contributed by atoms with Crippen molar-refractivity contribution in [1.29, 1.82) is 0 Å².